The molecule has 0 unspecified atom stereocenters. The quantitative estimate of drug-likeness (QED) is 0.00969. The van der Waals surface area contributed by atoms with E-state index in [1.807, 2.05) is 20.8 Å². The summed E-state index contributed by atoms with van der Waals surface area (Å²) < 4.78 is 400. The average molecular weight is 2110 g/mol. The Labute approximate surface area is 897 Å². The van der Waals surface area contributed by atoms with Crippen LogP contribution in [0.2, 0.25) is 0 Å². The number of nitrogens with zero attached hydrogens (tertiary/aromatic N) is 20. The highest BCUT2D eigenvalue weighted by molar-refractivity contribution is 7.99. The fourth-order valence-electron chi connectivity index (χ4n) is 15.7. The second kappa shape index (κ2) is 47.3. The molecule has 0 spiro atoms. The lowest BCUT2D eigenvalue weighted by Crippen LogP contribution is -2.33. The smallest absolute Gasteiger partial charge is 0.191 e. The third-order valence-electron chi connectivity index (χ3n) is 23.3. The number of aliphatic hydroxyl groups is 12. The van der Waals surface area contributed by atoms with Gasteiger partial charge in [0.15, 0.2) is 88.6 Å². The summed E-state index contributed by atoms with van der Waals surface area (Å²) in [5.41, 5.74) is -7.13. The van der Waals surface area contributed by atoms with Crippen molar-refractivity contribution in [3.63, 3.8) is 0 Å². The molecular weight excluding hydrogens is 1950 g/mol. The molecule has 20 rings (SSSR count). The predicted octanol–water partition coefficient (Wildman–Crippen LogP) is 8.73. The molecule has 0 amide bonds. The van der Waals surface area contributed by atoms with E-state index in [4.69, 9.17) is 76.1 Å². The summed E-state index contributed by atoms with van der Waals surface area (Å²) in [4.78, 5) is 35.1. The fourth-order valence-corrected chi connectivity index (χ4v) is 18.3. The molecule has 0 radical (unpaired) electrons. The standard InChI is InChI=1S/4C24H31FN6O4S/c4*1-3-8-36-24-27-22(26-16-10-14(16)13-5-4-12(2)15(25)9-13)19-23(28-24)31(30-29-19)17-11-18(35-7-6-32)21(34)20(17)33/h4*4-5,9,14,16-18,20-21,32-34H,3,6-8,10-11H2,1-2H3,(H,26,27,28)/t4*14-,16+,17+,18-,20-,21+/m0000/s1/i4D,5D,6D2,7D2,9D,10D2,14D,16D;4D,5D,8D2,9D,10D2,14D,16D;4D,5D,7D2,9D,10D2,14D,16D;4D,5D,6D2,9D,10D2,14D,16D. The van der Waals surface area contributed by atoms with Gasteiger partial charge >= 0.3 is 0 Å². The summed E-state index contributed by atoms with van der Waals surface area (Å²) in [6, 6.07) is -24.4. The van der Waals surface area contributed by atoms with Gasteiger partial charge < -0.3 is 101 Å². The number of aromatic nitrogens is 20. The summed E-state index contributed by atoms with van der Waals surface area (Å²) in [6.07, 6.45) is -26.9. The molecular formula is C96H124F4N24O16S4. The van der Waals surface area contributed by atoms with Crippen molar-refractivity contribution in [3.05, 3.63) is 140 Å². The molecule has 8 aliphatic carbocycles. The lowest BCUT2D eigenvalue weighted by molar-refractivity contribution is -0.0629. The number of nitrogens with one attached hydrogen (secondary N) is 4. The zero-order chi connectivity index (χ0) is 136. The van der Waals surface area contributed by atoms with E-state index in [-0.39, 0.29) is 156 Å². The van der Waals surface area contributed by atoms with Gasteiger partial charge in [-0.15, -0.1) is 20.4 Å². The summed E-state index contributed by atoms with van der Waals surface area (Å²) in [5.74, 6) is -15.4. The van der Waals surface area contributed by atoms with Gasteiger partial charge in [-0.25, -0.2) is 76.2 Å². The molecule has 8 aliphatic rings. The maximum atomic E-state index is 14.9. The Morgan fingerprint density at radius 3 is 0.910 bits per heavy atom. The molecule has 8 aromatic heterocycles. The number of benzene rings is 4. The normalized spacial score (nSPS) is 37.4. The highest BCUT2D eigenvalue weighted by atomic mass is 32.2. The molecule has 8 fully saturated rings. The Morgan fingerprint density at radius 2 is 0.646 bits per heavy atom. The molecule has 12 aromatic rings. The van der Waals surface area contributed by atoms with Crippen molar-refractivity contribution < 1.29 is 150 Å². The van der Waals surface area contributed by atoms with Gasteiger partial charge in [0, 0.05) is 115 Å². The second-order valence-corrected chi connectivity index (χ2v) is 37.3. The largest absolute Gasteiger partial charge is 0.394 e. The zero-order valence-corrected chi connectivity index (χ0v) is 80.7. The molecule has 776 valence electrons. The Bertz CT molecular complexity index is 8500. The number of rotatable bonds is 40. The number of hydrogen-bond acceptors (Lipinski definition) is 40. The first-order chi connectivity index (χ1) is 84.1. The van der Waals surface area contributed by atoms with Crippen LogP contribution in [0.4, 0.5) is 40.8 Å². The molecule has 4 aromatic carbocycles. The van der Waals surface area contributed by atoms with Crippen molar-refractivity contribution in [2.75, 3.05) is 96.9 Å². The minimum atomic E-state index is -3.45. The van der Waals surface area contributed by atoms with Crippen LogP contribution in [0.25, 0.3) is 44.7 Å². The van der Waals surface area contributed by atoms with Crippen LogP contribution in [0.5, 0.6) is 0 Å². The molecule has 144 heavy (non-hydrogen) atoms. The van der Waals surface area contributed by atoms with Crippen molar-refractivity contribution in [3.8, 4) is 0 Å². The van der Waals surface area contributed by atoms with E-state index in [1.165, 1.54) is 55.9 Å². The Hall–Kier alpha value is -9.52. The third-order valence-corrected chi connectivity index (χ3v) is 27.3. The van der Waals surface area contributed by atoms with Crippen LogP contribution in [-0.2, 0) is 18.9 Å². The fraction of sp³-hybridized carbons (Fsp3) is 0.583. The number of thioether (sulfide) groups is 4. The van der Waals surface area contributed by atoms with E-state index in [0.717, 1.165) is 25.8 Å². The van der Waals surface area contributed by atoms with Gasteiger partial charge in [-0.2, -0.15) is 0 Å². The van der Waals surface area contributed by atoms with Gasteiger partial charge in [0.1, 0.15) is 72.1 Å². The summed E-state index contributed by atoms with van der Waals surface area (Å²) >= 11 is 4.13. The van der Waals surface area contributed by atoms with Crippen molar-refractivity contribution in [2.45, 2.75) is 298 Å². The Balaban J connectivity index is 0.000000160. The van der Waals surface area contributed by atoms with E-state index in [2.05, 4.69) is 102 Å². The van der Waals surface area contributed by atoms with Crippen LogP contribution >= 0.6 is 47.0 Å². The van der Waals surface area contributed by atoms with Gasteiger partial charge in [-0.05, 0) is 148 Å². The maximum Gasteiger partial charge on any atom is 0.191 e. The van der Waals surface area contributed by atoms with Gasteiger partial charge in [0.25, 0.3) is 0 Å². The molecule has 0 aliphatic heterocycles. The molecule has 8 heterocycles. The molecule has 40 nitrogen and oxygen atoms in total. The zero-order valence-electron chi connectivity index (χ0n) is 115. The monoisotopic (exact) mass is 2110 g/mol. The average Bonchev–Trinajstić information content (AvgIpc) is 1.48. The van der Waals surface area contributed by atoms with E-state index in [0.29, 0.717) is 48.3 Å². The van der Waals surface area contributed by atoms with Crippen LogP contribution in [0, 0.1) is 51.0 Å². The number of anilines is 4. The van der Waals surface area contributed by atoms with Gasteiger partial charge in [0.2, 0.25) is 0 Å². The highest BCUT2D eigenvalue weighted by Crippen LogP contribution is 2.50. The lowest BCUT2D eigenvalue weighted by atomic mass is 10.1. The van der Waals surface area contributed by atoms with E-state index < -0.39 is 334 Å². The number of hydrogen-bond donors (Lipinski definition) is 16. The molecule has 48 heteroatoms. The van der Waals surface area contributed by atoms with Crippen molar-refractivity contribution in [1.82, 2.24) is 99.8 Å². The molecule has 16 N–H and O–H groups in total. The van der Waals surface area contributed by atoms with E-state index in [1.54, 1.807) is 6.92 Å². The topological polar surface area (TPSA) is 554 Å². The van der Waals surface area contributed by atoms with Crippen molar-refractivity contribution in [1.29, 1.82) is 0 Å². The molecule has 24 atom stereocenters. The second-order valence-electron chi connectivity index (χ2n) is 33.3. The van der Waals surface area contributed by atoms with Crippen molar-refractivity contribution in [2.24, 2.45) is 0 Å². The minimum absolute atomic E-state index is 0.00179. The van der Waals surface area contributed by atoms with Gasteiger partial charge in [0.05, 0.1) is 134 Å². The Morgan fingerprint density at radius 1 is 0.368 bits per heavy atom. The third kappa shape index (κ3) is 23.8. The van der Waals surface area contributed by atoms with Crippen LogP contribution in [0.15, 0.2) is 93.1 Å². The first-order valence-corrected chi connectivity index (χ1v) is 48.9. The Kier molecular flexibility index (Phi) is 22.2. The summed E-state index contributed by atoms with van der Waals surface area (Å²) in [6.45, 7) is -2.06. The summed E-state index contributed by atoms with van der Waals surface area (Å²) in [5, 5.41) is 165. The van der Waals surface area contributed by atoms with Gasteiger partial charge in [-0.1, -0.05) is 144 Å². The van der Waals surface area contributed by atoms with E-state index >= 15 is 0 Å². The number of aliphatic hydroxyl groups excluding tert-OH is 10. The number of ether oxygens (including phenoxy) is 4. The first kappa shape index (κ1) is 67.4. The van der Waals surface area contributed by atoms with Crippen LogP contribution in [0.3, 0.4) is 0 Å². The van der Waals surface area contributed by atoms with Gasteiger partial charge in [-0.3, -0.25) is 0 Å². The van der Waals surface area contributed by atoms with Crippen LogP contribution < -0.4 is 21.3 Å². The first-order valence-electron chi connectivity index (χ1n) is 64.1. The predicted molar refractivity (Wildman–Crippen MR) is 530 cm³/mol. The lowest BCUT2D eigenvalue weighted by Gasteiger charge is -2.17. The summed E-state index contributed by atoms with van der Waals surface area (Å²) in [7, 11) is 0. The van der Waals surface area contributed by atoms with Crippen LogP contribution in [0.1, 0.15) is 249 Å². The highest BCUT2D eigenvalue weighted by Gasteiger charge is 2.51. The maximum absolute atomic E-state index is 14.9. The molecule has 8 saturated carbocycles. The molecule has 0 saturated heterocycles. The molecule has 0 bridgehead atoms. The SMILES string of the molecule is [2H]c1c([2H])c([C@]2([2H])C([2H])([2H])[C@@]2([2H])Nc2nc(SC([2H])([2H])CC)nc3c2nnn3[C@@H]2C[C@H](OCCO)[C@@H](O)[C@H]2O)c([2H])c(F)c1C.[2H]c1c([2H])c([C@]2([2H])C([2H])([2H])[C@@]2([2H])Nc2nc(SCCC)nc3c2nnn3[C@@H]2C[C@H](OC([2H])([2H])C([2H])([2H])O)[C@@H](O)[C@H]2O)c([2H])c(F)c1C.[2H]c1c([2H])c([C@]2([2H])C([2H])([2H])[C@@]2([2H])Nc2nc(SCCC)nc3c2nnn3[C@@H]2C[C@H](OC([2H])([2H])CO)[C@@H](O)[C@H]2O)c([2H])c(F)c1C.[2H]c1c([2H])c([C@]2([2H])C([2H])([2H])[C@@]2([2H])Nc2nc(SCCC)nc3c2nnn3[C@@H]2C[C@H](OCC([2H])([2H])O)[C@@H](O)[C@H]2O)c([2H])c(F)c1C. The minimum Gasteiger partial charge on any atom is -0.394 e. The number of fused-ring (bicyclic) bond motifs is 4. The number of halogens is 4. The van der Waals surface area contributed by atoms with Crippen molar-refractivity contribution >= 4 is 115 Å². The van der Waals surface area contributed by atoms with E-state index in [9.17, 15) is 73.7 Å². The van der Waals surface area contributed by atoms with Crippen LogP contribution in [-0.4, -0.2) is 334 Å².